The third-order valence-corrected chi connectivity index (χ3v) is 5.04. The van der Waals surface area contributed by atoms with Crippen molar-refractivity contribution < 1.29 is 18.8 Å². The molecule has 2 aromatic carbocycles. The van der Waals surface area contributed by atoms with E-state index < -0.39 is 5.91 Å². The first kappa shape index (κ1) is 22.7. The smallest absolute Gasteiger partial charge is 0.277 e. The summed E-state index contributed by atoms with van der Waals surface area (Å²) >= 11 is 12.2. The van der Waals surface area contributed by atoms with E-state index in [1.807, 2.05) is 13.8 Å². The SMILES string of the molecule is CCN(CC)C(=O)COc1ccc(NC(=O)c2cc(-c3cccc(Cl)c3)on2)cc1Cl. The number of rotatable bonds is 8. The molecule has 0 atom stereocenters. The number of aromatic nitrogens is 1. The predicted molar refractivity (Wildman–Crippen MR) is 120 cm³/mol. The van der Waals surface area contributed by atoms with Crippen LogP contribution in [0.25, 0.3) is 11.3 Å². The monoisotopic (exact) mass is 461 g/mol. The van der Waals surface area contributed by atoms with E-state index in [1.54, 1.807) is 41.3 Å². The van der Waals surface area contributed by atoms with Crippen molar-refractivity contribution in [2.45, 2.75) is 13.8 Å². The number of carbonyl (C=O) groups excluding carboxylic acids is 2. The van der Waals surface area contributed by atoms with Gasteiger partial charge in [-0.3, -0.25) is 9.59 Å². The van der Waals surface area contributed by atoms with Crippen LogP contribution in [-0.4, -0.2) is 41.6 Å². The number of hydrogen-bond acceptors (Lipinski definition) is 5. The summed E-state index contributed by atoms with van der Waals surface area (Å²) in [6.07, 6.45) is 0. The molecule has 0 spiro atoms. The normalized spacial score (nSPS) is 10.6. The molecular weight excluding hydrogens is 441 g/mol. The average Bonchev–Trinajstić information content (AvgIpc) is 3.24. The number of likely N-dealkylation sites (N-methyl/N-ethyl adjacent to an activating group) is 1. The highest BCUT2D eigenvalue weighted by Gasteiger charge is 2.16. The van der Waals surface area contributed by atoms with Crippen molar-refractivity contribution in [1.82, 2.24) is 10.1 Å². The molecular formula is C22H21Cl2N3O4. The van der Waals surface area contributed by atoms with Crippen molar-refractivity contribution in [1.29, 1.82) is 0 Å². The zero-order chi connectivity index (χ0) is 22.4. The van der Waals surface area contributed by atoms with Crippen LogP contribution in [0.4, 0.5) is 5.69 Å². The number of anilines is 1. The second kappa shape index (κ2) is 10.3. The first-order chi connectivity index (χ1) is 14.9. The molecule has 31 heavy (non-hydrogen) atoms. The molecule has 0 radical (unpaired) electrons. The minimum Gasteiger partial charge on any atom is -0.482 e. The van der Waals surface area contributed by atoms with Crippen LogP contribution in [0, 0.1) is 0 Å². The lowest BCUT2D eigenvalue weighted by molar-refractivity contribution is -0.132. The molecule has 0 aliphatic rings. The number of amides is 2. The van der Waals surface area contributed by atoms with Gasteiger partial charge in [-0.1, -0.05) is 40.5 Å². The number of ether oxygens (including phenoxy) is 1. The first-order valence-electron chi connectivity index (χ1n) is 9.65. The first-order valence-corrected chi connectivity index (χ1v) is 10.4. The lowest BCUT2D eigenvalue weighted by atomic mass is 10.1. The maximum atomic E-state index is 12.5. The van der Waals surface area contributed by atoms with Crippen molar-refractivity contribution in [2.24, 2.45) is 0 Å². The lowest BCUT2D eigenvalue weighted by Gasteiger charge is -2.19. The lowest BCUT2D eigenvalue weighted by Crippen LogP contribution is -2.34. The van der Waals surface area contributed by atoms with Gasteiger partial charge in [0.25, 0.3) is 11.8 Å². The highest BCUT2D eigenvalue weighted by atomic mass is 35.5. The molecule has 0 saturated carbocycles. The summed E-state index contributed by atoms with van der Waals surface area (Å²) in [4.78, 5) is 26.2. The van der Waals surface area contributed by atoms with Gasteiger partial charge < -0.3 is 19.5 Å². The topological polar surface area (TPSA) is 84.7 Å². The zero-order valence-electron chi connectivity index (χ0n) is 17.0. The average molecular weight is 462 g/mol. The van der Waals surface area contributed by atoms with E-state index >= 15 is 0 Å². The second-order valence-electron chi connectivity index (χ2n) is 6.54. The summed E-state index contributed by atoms with van der Waals surface area (Å²) in [5.74, 6) is 0.190. The van der Waals surface area contributed by atoms with Crippen LogP contribution in [-0.2, 0) is 4.79 Å². The van der Waals surface area contributed by atoms with E-state index in [0.717, 1.165) is 0 Å². The Hall–Kier alpha value is -3.03. The molecule has 0 fully saturated rings. The summed E-state index contributed by atoms with van der Waals surface area (Å²) in [5, 5.41) is 7.33. The Labute approximate surface area is 189 Å². The Morgan fingerprint density at radius 2 is 1.87 bits per heavy atom. The third kappa shape index (κ3) is 5.77. The molecule has 1 aromatic heterocycles. The third-order valence-electron chi connectivity index (χ3n) is 4.51. The maximum Gasteiger partial charge on any atom is 0.277 e. The second-order valence-corrected chi connectivity index (χ2v) is 7.38. The Balaban J connectivity index is 1.63. The molecule has 3 rings (SSSR count). The van der Waals surface area contributed by atoms with Crippen molar-refractivity contribution in [3.63, 3.8) is 0 Å². The molecule has 7 nitrogen and oxygen atoms in total. The predicted octanol–water partition coefficient (Wildman–Crippen LogP) is 5.15. The number of nitrogens with one attached hydrogen (secondary N) is 1. The van der Waals surface area contributed by atoms with Crippen LogP contribution >= 0.6 is 23.2 Å². The van der Waals surface area contributed by atoms with Gasteiger partial charge in [0.1, 0.15) is 5.75 Å². The van der Waals surface area contributed by atoms with Crippen molar-refractivity contribution in [3.8, 4) is 17.1 Å². The summed E-state index contributed by atoms with van der Waals surface area (Å²) in [5.41, 5.74) is 1.27. The van der Waals surface area contributed by atoms with Crippen LogP contribution in [0.15, 0.2) is 53.1 Å². The summed E-state index contributed by atoms with van der Waals surface area (Å²) in [6.45, 7) is 4.91. The Kier molecular flexibility index (Phi) is 7.55. The van der Waals surface area contributed by atoms with Crippen LogP contribution in [0.5, 0.6) is 5.75 Å². The molecule has 162 valence electrons. The summed E-state index contributed by atoms with van der Waals surface area (Å²) in [7, 11) is 0. The fourth-order valence-electron chi connectivity index (χ4n) is 2.86. The van der Waals surface area contributed by atoms with E-state index in [4.69, 9.17) is 32.5 Å². The van der Waals surface area contributed by atoms with Gasteiger partial charge >= 0.3 is 0 Å². The van der Waals surface area contributed by atoms with E-state index in [2.05, 4.69) is 10.5 Å². The molecule has 9 heteroatoms. The van der Waals surface area contributed by atoms with Gasteiger partial charge in [0.2, 0.25) is 0 Å². The fraction of sp³-hybridized carbons (Fsp3) is 0.227. The summed E-state index contributed by atoms with van der Waals surface area (Å²) < 4.78 is 10.8. The highest BCUT2D eigenvalue weighted by Crippen LogP contribution is 2.28. The number of hydrogen-bond donors (Lipinski definition) is 1. The molecule has 0 aliphatic heterocycles. The molecule has 0 aliphatic carbocycles. The van der Waals surface area contributed by atoms with Crippen molar-refractivity contribution in [2.75, 3.05) is 25.0 Å². The van der Waals surface area contributed by atoms with E-state index in [-0.39, 0.29) is 23.2 Å². The van der Waals surface area contributed by atoms with E-state index in [9.17, 15) is 9.59 Å². The van der Waals surface area contributed by atoms with Gasteiger partial charge in [-0.2, -0.15) is 0 Å². The molecule has 1 N–H and O–H groups in total. The Morgan fingerprint density at radius 3 is 2.55 bits per heavy atom. The van der Waals surface area contributed by atoms with Crippen LogP contribution in [0.2, 0.25) is 10.0 Å². The molecule has 2 amide bonds. The Morgan fingerprint density at radius 1 is 1.10 bits per heavy atom. The van der Waals surface area contributed by atoms with E-state index in [1.165, 1.54) is 12.1 Å². The number of nitrogens with zero attached hydrogens (tertiary/aromatic N) is 2. The molecule has 1 heterocycles. The van der Waals surface area contributed by atoms with Crippen molar-refractivity contribution >= 4 is 40.7 Å². The minimum atomic E-state index is -0.460. The van der Waals surface area contributed by atoms with Crippen LogP contribution in [0.1, 0.15) is 24.3 Å². The molecule has 0 bridgehead atoms. The fourth-order valence-corrected chi connectivity index (χ4v) is 3.28. The largest absolute Gasteiger partial charge is 0.482 e. The quantitative estimate of drug-likeness (QED) is 0.501. The van der Waals surface area contributed by atoms with Gasteiger partial charge in [-0.25, -0.2) is 0 Å². The zero-order valence-corrected chi connectivity index (χ0v) is 18.5. The number of benzene rings is 2. The van der Waals surface area contributed by atoms with Gasteiger partial charge in [-0.15, -0.1) is 0 Å². The standard InChI is InChI=1S/C22H21Cl2N3O4/c1-3-27(4-2)21(28)13-30-19-9-8-16(11-17(19)24)25-22(29)18-12-20(31-26-18)14-6-5-7-15(23)10-14/h5-12H,3-4,13H2,1-2H3,(H,25,29). The maximum absolute atomic E-state index is 12.5. The van der Waals surface area contributed by atoms with Crippen LogP contribution < -0.4 is 10.1 Å². The molecule has 3 aromatic rings. The highest BCUT2D eigenvalue weighted by molar-refractivity contribution is 6.32. The van der Waals surface area contributed by atoms with Crippen LogP contribution in [0.3, 0.4) is 0 Å². The molecule has 0 saturated heterocycles. The number of carbonyl (C=O) groups is 2. The van der Waals surface area contributed by atoms with E-state index in [0.29, 0.717) is 40.9 Å². The van der Waals surface area contributed by atoms with Gasteiger partial charge in [0.05, 0.1) is 5.02 Å². The van der Waals surface area contributed by atoms with Gasteiger partial charge in [-0.05, 0) is 44.2 Å². The number of halogens is 2. The molecule has 0 unspecified atom stereocenters. The van der Waals surface area contributed by atoms with Gasteiger partial charge in [0.15, 0.2) is 18.1 Å². The van der Waals surface area contributed by atoms with Crippen molar-refractivity contribution in [3.05, 3.63) is 64.3 Å². The minimum absolute atomic E-state index is 0.108. The summed E-state index contributed by atoms with van der Waals surface area (Å²) in [6, 6.07) is 13.3. The Bertz CT molecular complexity index is 1080. The van der Waals surface area contributed by atoms with Gasteiger partial charge in [0, 0.05) is 35.4 Å².